The summed E-state index contributed by atoms with van der Waals surface area (Å²) in [6, 6.07) is 19.7. The topological polar surface area (TPSA) is 84.7 Å². The number of imidazole rings is 1. The smallest absolute Gasteiger partial charge is 0.251 e. The van der Waals surface area contributed by atoms with Crippen LogP contribution in [0.2, 0.25) is 0 Å². The minimum absolute atomic E-state index is 0.0395. The number of aromatic nitrogens is 4. The van der Waals surface area contributed by atoms with Gasteiger partial charge in [-0.2, -0.15) is 11.3 Å². The van der Waals surface area contributed by atoms with Crippen molar-refractivity contribution in [2.75, 3.05) is 5.32 Å². The monoisotopic (exact) mass is 452 g/mol. The average molecular weight is 453 g/mol. The van der Waals surface area contributed by atoms with E-state index in [-0.39, 0.29) is 5.91 Å². The average Bonchev–Trinajstić information content (AvgIpc) is 3.31. The highest BCUT2D eigenvalue weighted by Crippen LogP contribution is 2.29. The molecule has 0 radical (unpaired) electrons. The number of carbonyl (C=O) groups is 1. The highest BCUT2D eigenvalue weighted by Gasteiger charge is 2.24. The third-order valence-corrected chi connectivity index (χ3v) is 6.21. The van der Waals surface area contributed by atoms with Gasteiger partial charge in [-0.05, 0) is 48.6 Å². The van der Waals surface area contributed by atoms with Crippen LogP contribution < -0.4 is 10.6 Å². The van der Waals surface area contributed by atoms with Gasteiger partial charge < -0.3 is 10.6 Å². The molecular formula is C25H20N6OS. The molecule has 8 heteroatoms. The largest absolute Gasteiger partial charge is 0.349 e. The van der Waals surface area contributed by atoms with Crippen molar-refractivity contribution in [2.24, 2.45) is 0 Å². The molecule has 6 rings (SSSR count). The SMILES string of the molecule is O=C(NC1CC1)c1ccc(-c2nc(Nc3ccccc3)c3ncn(-c4ccsc4)c3n2)cc1. The van der Waals surface area contributed by atoms with E-state index in [0.717, 1.165) is 29.8 Å². The van der Waals surface area contributed by atoms with Crippen LogP contribution in [0.3, 0.4) is 0 Å². The first-order chi connectivity index (χ1) is 16.2. The van der Waals surface area contributed by atoms with Gasteiger partial charge in [-0.15, -0.1) is 0 Å². The molecular weight excluding hydrogens is 432 g/mol. The number of nitrogens with zero attached hydrogens (tertiary/aromatic N) is 4. The van der Waals surface area contributed by atoms with Gasteiger partial charge in [0.2, 0.25) is 0 Å². The van der Waals surface area contributed by atoms with E-state index >= 15 is 0 Å². The van der Waals surface area contributed by atoms with Gasteiger partial charge in [0.15, 0.2) is 22.8 Å². The Labute approximate surface area is 194 Å². The minimum atomic E-state index is -0.0395. The molecule has 1 amide bonds. The van der Waals surface area contributed by atoms with Crippen LogP contribution in [0.5, 0.6) is 0 Å². The minimum Gasteiger partial charge on any atom is -0.349 e. The van der Waals surface area contributed by atoms with E-state index in [9.17, 15) is 4.79 Å². The van der Waals surface area contributed by atoms with E-state index in [4.69, 9.17) is 9.97 Å². The van der Waals surface area contributed by atoms with Crippen LogP contribution in [0.4, 0.5) is 11.5 Å². The van der Waals surface area contributed by atoms with E-state index in [0.29, 0.717) is 34.4 Å². The maximum atomic E-state index is 12.4. The molecule has 33 heavy (non-hydrogen) atoms. The number of nitrogens with one attached hydrogen (secondary N) is 2. The predicted octanol–water partition coefficient (Wildman–Crippen LogP) is 5.18. The van der Waals surface area contributed by atoms with Gasteiger partial charge in [0.25, 0.3) is 5.91 Å². The molecule has 0 unspecified atom stereocenters. The van der Waals surface area contributed by atoms with Crippen LogP contribution >= 0.6 is 11.3 Å². The number of rotatable bonds is 6. The van der Waals surface area contributed by atoms with Crippen LogP contribution in [0.1, 0.15) is 23.2 Å². The Hall–Kier alpha value is -4.04. The fourth-order valence-electron chi connectivity index (χ4n) is 3.62. The molecule has 1 aliphatic carbocycles. The van der Waals surface area contributed by atoms with Crippen LogP contribution in [0.25, 0.3) is 28.2 Å². The lowest BCUT2D eigenvalue weighted by Crippen LogP contribution is -2.25. The van der Waals surface area contributed by atoms with Gasteiger partial charge >= 0.3 is 0 Å². The van der Waals surface area contributed by atoms with Gasteiger partial charge in [0, 0.05) is 28.2 Å². The molecule has 162 valence electrons. The molecule has 7 nitrogen and oxygen atoms in total. The number of hydrogen-bond donors (Lipinski definition) is 2. The highest BCUT2D eigenvalue weighted by atomic mass is 32.1. The second kappa shape index (κ2) is 8.14. The first-order valence-electron chi connectivity index (χ1n) is 10.8. The van der Waals surface area contributed by atoms with E-state index in [1.165, 1.54) is 0 Å². The fourth-order valence-corrected chi connectivity index (χ4v) is 4.25. The lowest BCUT2D eigenvalue weighted by atomic mass is 10.1. The summed E-state index contributed by atoms with van der Waals surface area (Å²) >= 11 is 1.62. The number of carbonyl (C=O) groups excluding carboxylic acids is 1. The zero-order chi connectivity index (χ0) is 22.2. The summed E-state index contributed by atoms with van der Waals surface area (Å²) in [5.74, 6) is 1.15. The molecule has 0 bridgehead atoms. The number of anilines is 2. The Morgan fingerprint density at radius 1 is 1.00 bits per heavy atom. The summed E-state index contributed by atoms with van der Waals surface area (Å²) in [5, 5.41) is 10.5. The Morgan fingerprint density at radius 2 is 1.82 bits per heavy atom. The second-order valence-electron chi connectivity index (χ2n) is 7.98. The van der Waals surface area contributed by atoms with Gasteiger partial charge in [0.05, 0.1) is 5.69 Å². The Bertz CT molecular complexity index is 1420. The summed E-state index contributed by atoms with van der Waals surface area (Å²) in [4.78, 5) is 26.6. The van der Waals surface area contributed by atoms with E-state index in [2.05, 4.69) is 21.0 Å². The van der Waals surface area contributed by atoms with Gasteiger partial charge in [-0.1, -0.05) is 30.3 Å². The molecule has 0 aliphatic heterocycles. The number of thiophene rings is 1. The van der Waals surface area contributed by atoms with Crippen LogP contribution in [-0.2, 0) is 0 Å². The summed E-state index contributed by atoms with van der Waals surface area (Å²) in [5.41, 5.74) is 4.79. The van der Waals surface area contributed by atoms with Gasteiger partial charge in [0.1, 0.15) is 6.33 Å². The van der Waals surface area contributed by atoms with E-state index in [1.54, 1.807) is 17.7 Å². The molecule has 5 aromatic rings. The van der Waals surface area contributed by atoms with E-state index < -0.39 is 0 Å². The third kappa shape index (κ3) is 3.96. The standard InChI is InChI=1S/C25H20N6OS/c32-25(28-19-10-11-19)17-8-6-16(7-9-17)22-29-23(27-18-4-2-1-3-5-18)21-24(30-22)31(15-26-21)20-12-13-33-14-20/h1-9,12-15,19H,10-11H2,(H,28,32)(H,27,29,30). The van der Waals surface area contributed by atoms with Crippen molar-refractivity contribution in [2.45, 2.75) is 18.9 Å². The molecule has 3 aromatic heterocycles. The third-order valence-electron chi connectivity index (χ3n) is 5.53. The van der Waals surface area contributed by atoms with Crippen LogP contribution in [-0.4, -0.2) is 31.5 Å². The number of para-hydroxylation sites is 1. The Balaban J connectivity index is 1.43. The lowest BCUT2D eigenvalue weighted by molar-refractivity contribution is 0.0951. The number of amides is 1. The van der Waals surface area contributed by atoms with E-state index in [1.807, 2.05) is 70.6 Å². The molecule has 2 N–H and O–H groups in total. The zero-order valence-corrected chi connectivity index (χ0v) is 18.4. The van der Waals surface area contributed by atoms with Gasteiger partial charge in [-0.25, -0.2) is 15.0 Å². The Kier molecular flexibility index (Phi) is 4.84. The second-order valence-corrected chi connectivity index (χ2v) is 8.76. The summed E-state index contributed by atoms with van der Waals surface area (Å²) < 4.78 is 1.96. The fraction of sp³-hybridized carbons (Fsp3) is 0.120. The molecule has 2 aromatic carbocycles. The summed E-state index contributed by atoms with van der Waals surface area (Å²) in [7, 11) is 0. The summed E-state index contributed by atoms with van der Waals surface area (Å²) in [6.45, 7) is 0. The molecule has 0 atom stereocenters. The lowest BCUT2D eigenvalue weighted by Gasteiger charge is -2.10. The number of benzene rings is 2. The van der Waals surface area contributed by atoms with Crippen molar-refractivity contribution in [3.63, 3.8) is 0 Å². The first kappa shape index (κ1) is 19.6. The van der Waals surface area contributed by atoms with Crippen LogP contribution in [0, 0.1) is 0 Å². The molecule has 1 saturated carbocycles. The Morgan fingerprint density at radius 3 is 2.55 bits per heavy atom. The van der Waals surface area contributed by atoms with Crippen molar-refractivity contribution in [3.8, 4) is 17.1 Å². The normalized spacial score (nSPS) is 13.2. The zero-order valence-electron chi connectivity index (χ0n) is 17.6. The van der Waals surface area contributed by atoms with Crippen molar-refractivity contribution >= 4 is 39.9 Å². The first-order valence-corrected chi connectivity index (χ1v) is 11.7. The van der Waals surface area contributed by atoms with Gasteiger partial charge in [-0.3, -0.25) is 9.36 Å². The van der Waals surface area contributed by atoms with Crippen LogP contribution in [0.15, 0.2) is 77.8 Å². The predicted molar refractivity (Wildman–Crippen MR) is 130 cm³/mol. The number of fused-ring (bicyclic) bond motifs is 1. The molecule has 1 fully saturated rings. The quantitative estimate of drug-likeness (QED) is 0.371. The number of hydrogen-bond acceptors (Lipinski definition) is 6. The van der Waals surface area contributed by atoms with Crippen molar-refractivity contribution in [1.82, 2.24) is 24.8 Å². The molecule has 0 spiro atoms. The van der Waals surface area contributed by atoms with Crippen molar-refractivity contribution < 1.29 is 4.79 Å². The maximum absolute atomic E-state index is 12.4. The molecule has 0 saturated heterocycles. The van der Waals surface area contributed by atoms with Crippen molar-refractivity contribution in [1.29, 1.82) is 0 Å². The summed E-state index contributed by atoms with van der Waals surface area (Å²) in [6.07, 6.45) is 3.89. The molecule has 1 aliphatic rings. The molecule has 3 heterocycles. The maximum Gasteiger partial charge on any atom is 0.251 e. The van der Waals surface area contributed by atoms with Crippen molar-refractivity contribution in [3.05, 3.63) is 83.3 Å². The highest BCUT2D eigenvalue weighted by molar-refractivity contribution is 7.08.